The number of nitro groups is 1. The van der Waals surface area contributed by atoms with E-state index in [9.17, 15) is 15.2 Å². The molecule has 2 heterocycles. The van der Waals surface area contributed by atoms with Crippen molar-refractivity contribution >= 4 is 23.1 Å². The van der Waals surface area contributed by atoms with Crippen LogP contribution in [-0.2, 0) is 0 Å². The molecule has 0 spiro atoms. The van der Waals surface area contributed by atoms with Gasteiger partial charge in [0.25, 0.3) is 5.69 Å². The van der Waals surface area contributed by atoms with Crippen LogP contribution in [0.2, 0.25) is 5.02 Å². The molecule has 0 saturated carbocycles. The number of hydrogen-bond acceptors (Lipinski definition) is 5. The van der Waals surface area contributed by atoms with E-state index in [4.69, 9.17) is 11.6 Å². The van der Waals surface area contributed by atoms with Gasteiger partial charge < -0.3 is 10.0 Å². The Morgan fingerprint density at radius 2 is 2.21 bits per heavy atom. The summed E-state index contributed by atoms with van der Waals surface area (Å²) in [5.74, 6) is 0.879. The van der Waals surface area contributed by atoms with Crippen LogP contribution in [0.15, 0.2) is 12.3 Å². The van der Waals surface area contributed by atoms with Crippen LogP contribution in [0.5, 0.6) is 0 Å². The zero-order valence-corrected chi connectivity index (χ0v) is 11.4. The first kappa shape index (κ1) is 14.0. The molecule has 1 aliphatic heterocycles. The molecule has 1 aliphatic rings. The summed E-state index contributed by atoms with van der Waals surface area (Å²) in [7, 11) is 0. The lowest BCUT2D eigenvalue weighted by atomic mass is 9.92. The molecule has 2 rings (SSSR count). The van der Waals surface area contributed by atoms with Crippen molar-refractivity contribution < 1.29 is 10.0 Å². The largest absolute Gasteiger partial charge is 0.393 e. The predicted octanol–water partition coefficient (Wildman–Crippen LogP) is 2.24. The van der Waals surface area contributed by atoms with Crippen molar-refractivity contribution in [2.45, 2.75) is 25.9 Å². The summed E-state index contributed by atoms with van der Waals surface area (Å²) in [6.07, 6.45) is 2.66. The van der Waals surface area contributed by atoms with Crippen LogP contribution in [0.3, 0.4) is 0 Å². The molecule has 7 heteroatoms. The van der Waals surface area contributed by atoms with Gasteiger partial charge in [0.05, 0.1) is 16.0 Å². The van der Waals surface area contributed by atoms with Gasteiger partial charge in [-0.05, 0) is 25.7 Å². The van der Waals surface area contributed by atoms with Crippen LogP contribution < -0.4 is 4.90 Å². The van der Waals surface area contributed by atoms with Gasteiger partial charge in [0.15, 0.2) is 0 Å². The van der Waals surface area contributed by atoms with Gasteiger partial charge in [0, 0.05) is 19.2 Å². The first-order valence-electron chi connectivity index (χ1n) is 6.22. The number of hydrogen-bond donors (Lipinski definition) is 1. The smallest absolute Gasteiger partial charge is 0.289 e. The zero-order valence-electron chi connectivity index (χ0n) is 10.6. The Balaban J connectivity index is 2.09. The highest BCUT2D eigenvalue weighted by Gasteiger charge is 2.25. The molecular weight excluding hydrogens is 270 g/mol. The van der Waals surface area contributed by atoms with E-state index in [2.05, 4.69) is 4.98 Å². The SMILES string of the molecule is CC(O)C1CCN(c2ncc([N+](=O)[O-])cc2Cl)CC1. The van der Waals surface area contributed by atoms with E-state index in [0.29, 0.717) is 16.8 Å². The Labute approximate surface area is 116 Å². The van der Waals surface area contributed by atoms with E-state index in [1.54, 1.807) is 6.92 Å². The fourth-order valence-electron chi connectivity index (χ4n) is 2.35. The number of pyridine rings is 1. The molecule has 0 aromatic carbocycles. The van der Waals surface area contributed by atoms with Crippen molar-refractivity contribution in [3.63, 3.8) is 0 Å². The molecule has 1 fully saturated rings. The quantitative estimate of drug-likeness (QED) is 0.680. The molecule has 1 aromatic heterocycles. The van der Waals surface area contributed by atoms with E-state index < -0.39 is 4.92 Å². The van der Waals surface area contributed by atoms with Crippen molar-refractivity contribution in [2.24, 2.45) is 5.92 Å². The van der Waals surface area contributed by atoms with Crippen LogP contribution in [0, 0.1) is 16.0 Å². The highest BCUT2D eigenvalue weighted by Crippen LogP contribution is 2.30. The first-order valence-corrected chi connectivity index (χ1v) is 6.59. The minimum absolute atomic E-state index is 0.104. The van der Waals surface area contributed by atoms with Gasteiger partial charge in [-0.2, -0.15) is 0 Å². The minimum atomic E-state index is -0.512. The van der Waals surface area contributed by atoms with Crippen molar-refractivity contribution in [1.29, 1.82) is 0 Å². The molecule has 104 valence electrons. The van der Waals surface area contributed by atoms with E-state index in [0.717, 1.165) is 25.9 Å². The summed E-state index contributed by atoms with van der Waals surface area (Å²) in [4.78, 5) is 16.2. The summed E-state index contributed by atoms with van der Waals surface area (Å²) < 4.78 is 0. The van der Waals surface area contributed by atoms with E-state index in [-0.39, 0.29) is 11.8 Å². The number of aromatic nitrogens is 1. The molecule has 1 unspecified atom stereocenters. The van der Waals surface area contributed by atoms with Gasteiger partial charge in [-0.15, -0.1) is 0 Å². The normalized spacial score (nSPS) is 18.4. The molecule has 0 amide bonds. The van der Waals surface area contributed by atoms with Crippen molar-refractivity contribution in [3.8, 4) is 0 Å². The summed E-state index contributed by atoms with van der Waals surface area (Å²) in [5.41, 5.74) is -0.104. The van der Waals surface area contributed by atoms with Crippen molar-refractivity contribution in [1.82, 2.24) is 4.98 Å². The van der Waals surface area contributed by atoms with Crippen LogP contribution in [0.4, 0.5) is 11.5 Å². The molecule has 0 radical (unpaired) electrons. The fraction of sp³-hybridized carbons (Fsp3) is 0.583. The first-order chi connectivity index (χ1) is 8.99. The molecular formula is C12H16ClN3O3. The Hall–Kier alpha value is -1.40. The van der Waals surface area contributed by atoms with Crippen molar-refractivity contribution in [3.05, 3.63) is 27.4 Å². The average Bonchev–Trinajstić information content (AvgIpc) is 2.38. The van der Waals surface area contributed by atoms with Crippen LogP contribution in [0.25, 0.3) is 0 Å². The van der Waals surface area contributed by atoms with Crippen molar-refractivity contribution in [2.75, 3.05) is 18.0 Å². The second-order valence-electron chi connectivity index (χ2n) is 4.82. The molecule has 1 atom stereocenters. The third-order valence-electron chi connectivity index (χ3n) is 3.54. The number of aliphatic hydroxyl groups excluding tert-OH is 1. The Kier molecular flexibility index (Phi) is 4.21. The minimum Gasteiger partial charge on any atom is -0.393 e. The summed E-state index contributed by atoms with van der Waals surface area (Å²) >= 11 is 6.05. The van der Waals surface area contributed by atoms with Crippen LogP contribution in [0.1, 0.15) is 19.8 Å². The predicted molar refractivity (Wildman–Crippen MR) is 72.5 cm³/mol. The van der Waals surface area contributed by atoms with Crippen LogP contribution >= 0.6 is 11.6 Å². The second-order valence-corrected chi connectivity index (χ2v) is 5.23. The Morgan fingerprint density at radius 3 is 2.68 bits per heavy atom. The summed E-state index contributed by atoms with van der Waals surface area (Å²) in [6, 6.07) is 1.32. The van der Waals surface area contributed by atoms with Gasteiger partial charge >= 0.3 is 0 Å². The molecule has 1 N–H and O–H groups in total. The maximum Gasteiger partial charge on any atom is 0.289 e. The molecule has 1 saturated heterocycles. The Bertz CT molecular complexity index is 473. The molecule has 0 aliphatic carbocycles. The van der Waals surface area contributed by atoms with Gasteiger partial charge in [-0.3, -0.25) is 10.1 Å². The van der Waals surface area contributed by atoms with E-state index in [1.807, 2.05) is 4.90 Å². The molecule has 19 heavy (non-hydrogen) atoms. The highest BCUT2D eigenvalue weighted by molar-refractivity contribution is 6.33. The zero-order chi connectivity index (χ0) is 14.0. The van der Waals surface area contributed by atoms with Crippen LogP contribution in [-0.4, -0.2) is 34.2 Å². The van der Waals surface area contributed by atoms with Gasteiger partial charge in [0.1, 0.15) is 12.0 Å². The summed E-state index contributed by atoms with van der Waals surface area (Å²) in [5, 5.41) is 20.5. The van der Waals surface area contributed by atoms with E-state index >= 15 is 0 Å². The number of anilines is 1. The number of halogens is 1. The monoisotopic (exact) mass is 285 g/mol. The van der Waals surface area contributed by atoms with E-state index in [1.165, 1.54) is 12.3 Å². The Morgan fingerprint density at radius 1 is 1.58 bits per heavy atom. The third kappa shape index (κ3) is 3.13. The number of piperidine rings is 1. The van der Waals surface area contributed by atoms with Gasteiger partial charge in [-0.1, -0.05) is 11.6 Å². The molecule has 6 nitrogen and oxygen atoms in total. The highest BCUT2D eigenvalue weighted by atomic mass is 35.5. The number of aliphatic hydroxyl groups is 1. The standard InChI is InChI=1S/C12H16ClN3O3/c1-8(17)9-2-4-15(5-3-9)12-11(13)6-10(7-14-12)16(18)19/h6-9,17H,2-5H2,1H3. The lowest BCUT2D eigenvalue weighted by molar-refractivity contribution is -0.385. The topological polar surface area (TPSA) is 79.5 Å². The maximum atomic E-state index is 10.6. The summed E-state index contributed by atoms with van der Waals surface area (Å²) in [6.45, 7) is 3.30. The molecule has 0 bridgehead atoms. The average molecular weight is 286 g/mol. The van der Waals surface area contributed by atoms with Gasteiger partial charge in [0.2, 0.25) is 0 Å². The number of rotatable bonds is 3. The molecule has 1 aromatic rings. The number of nitrogens with zero attached hydrogens (tertiary/aromatic N) is 3. The lowest BCUT2D eigenvalue weighted by Gasteiger charge is -2.34. The van der Waals surface area contributed by atoms with Gasteiger partial charge in [-0.25, -0.2) is 4.98 Å². The lowest BCUT2D eigenvalue weighted by Crippen LogP contribution is -2.37. The third-order valence-corrected chi connectivity index (χ3v) is 3.82. The fourth-order valence-corrected chi connectivity index (χ4v) is 2.63. The maximum absolute atomic E-state index is 10.6. The second kappa shape index (κ2) is 5.71.